The fourth-order valence-corrected chi connectivity index (χ4v) is 2.04. The Balaban J connectivity index is 2.15. The van der Waals surface area contributed by atoms with Gasteiger partial charge in [0.25, 0.3) is 0 Å². The van der Waals surface area contributed by atoms with Crippen LogP contribution in [-0.2, 0) is 9.84 Å². The number of nitrogen functional groups attached to an aromatic ring is 1. The molecule has 0 unspecified atom stereocenters. The maximum atomic E-state index is 11.3. The maximum absolute atomic E-state index is 11.3. The Morgan fingerprint density at radius 2 is 2.12 bits per heavy atom. The summed E-state index contributed by atoms with van der Waals surface area (Å²) in [4.78, 5) is 0.226. The molecule has 0 bridgehead atoms. The second-order valence-corrected chi connectivity index (χ2v) is 6.24. The van der Waals surface area contributed by atoms with Crippen LogP contribution in [0.5, 0.6) is 5.75 Å². The quantitative estimate of drug-likeness (QED) is 0.810. The van der Waals surface area contributed by atoms with Crippen LogP contribution in [0.3, 0.4) is 0 Å². The molecule has 0 amide bonds. The van der Waals surface area contributed by atoms with Crippen molar-refractivity contribution in [3.8, 4) is 5.75 Å². The van der Waals surface area contributed by atoms with E-state index in [0.717, 1.165) is 6.26 Å². The Bertz CT molecular complexity index is 492. The predicted molar refractivity (Wildman–Crippen MR) is 62.2 cm³/mol. The van der Waals surface area contributed by atoms with Gasteiger partial charge >= 0.3 is 0 Å². The van der Waals surface area contributed by atoms with Crippen molar-refractivity contribution in [3.05, 3.63) is 18.2 Å². The molecule has 5 heteroatoms. The molecule has 0 saturated heterocycles. The van der Waals surface area contributed by atoms with E-state index in [-0.39, 0.29) is 4.90 Å². The Morgan fingerprint density at radius 1 is 1.44 bits per heavy atom. The molecule has 1 saturated carbocycles. The molecule has 1 aromatic carbocycles. The zero-order chi connectivity index (χ0) is 11.8. The van der Waals surface area contributed by atoms with Crippen LogP contribution in [0, 0.1) is 5.92 Å². The maximum Gasteiger partial charge on any atom is 0.175 e. The van der Waals surface area contributed by atoms with E-state index in [1.165, 1.54) is 25.0 Å². The Hall–Kier alpha value is -1.23. The Labute approximate surface area is 95.3 Å². The average Bonchev–Trinajstić information content (AvgIpc) is 2.98. The van der Waals surface area contributed by atoms with Crippen LogP contribution in [0.2, 0.25) is 0 Å². The highest BCUT2D eigenvalue weighted by Crippen LogP contribution is 2.31. The van der Waals surface area contributed by atoms with Crippen molar-refractivity contribution in [1.29, 1.82) is 0 Å². The minimum atomic E-state index is -3.20. The topological polar surface area (TPSA) is 69.4 Å². The molecule has 1 aliphatic rings. The van der Waals surface area contributed by atoms with Crippen molar-refractivity contribution in [2.24, 2.45) is 5.92 Å². The molecule has 0 aliphatic heterocycles. The second kappa shape index (κ2) is 3.97. The van der Waals surface area contributed by atoms with Crippen molar-refractivity contribution < 1.29 is 13.2 Å². The molecule has 0 aromatic heterocycles. The number of rotatable bonds is 4. The van der Waals surface area contributed by atoms with Gasteiger partial charge in [0.2, 0.25) is 0 Å². The van der Waals surface area contributed by atoms with E-state index < -0.39 is 9.84 Å². The summed E-state index contributed by atoms with van der Waals surface area (Å²) in [7, 11) is -3.20. The van der Waals surface area contributed by atoms with E-state index in [4.69, 9.17) is 10.5 Å². The lowest BCUT2D eigenvalue weighted by atomic mass is 10.3. The molecular weight excluding hydrogens is 226 g/mol. The number of hydrogen-bond acceptors (Lipinski definition) is 4. The zero-order valence-electron chi connectivity index (χ0n) is 9.14. The third-order valence-corrected chi connectivity index (χ3v) is 3.69. The highest BCUT2D eigenvalue weighted by Gasteiger charge is 2.22. The lowest BCUT2D eigenvalue weighted by Gasteiger charge is -2.09. The smallest absolute Gasteiger partial charge is 0.175 e. The van der Waals surface area contributed by atoms with E-state index >= 15 is 0 Å². The molecule has 2 N–H and O–H groups in total. The van der Waals surface area contributed by atoms with E-state index in [1.807, 2.05) is 0 Å². The highest BCUT2D eigenvalue weighted by molar-refractivity contribution is 7.90. The molecule has 1 fully saturated rings. The third kappa shape index (κ3) is 2.66. The van der Waals surface area contributed by atoms with Crippen molar-refractivity contribution >= 4 is 15.5 Å². The number of benzene rings is 1. The second-order valence-electron chi connectivity index (χ2n) is 4.23. The van der Waals surface area contributed by atoms with Crippen LogP contribution in [0.4, 0.5) is 5.69 Å². The van der Waals surface area contributed by atoms with Crippen LogP contribution >= 0.6 is 0 Å². The first-order valence-corrected chi connectivity index (χ1v) is 7.08. The summed E-state index contributed by atoms with van der Waals surface area (Å²) in [5, 5.41) is 0. The van der Waals surface area contributed by atoms with Crippen LogP contribution < -0.4 is 10.5 Å². The normalized spacial score (nSPS) is 16.1. The van der Waals surface area contributed by atoms with Gasteiger partial charge in [0.05, 0.1) is 17.2 Å². The molecule has 1 aliphatic carbocycles. The molecule has 2 rings (SSSR count). The number of anilines is 1. The average molecular weight is 241 g/mol. The van der Waals surface area contributed by atoms with Gasteiger partial charge in [-0.25, -0.2) is 8.42 Å². The van der Waals surface area contributed by atoms with Crippen molar-refractivity contribution in [2.45, 2.75) is 17.7 Å². The van der Waals surface area contributed by atoms with Gasteiger partial charge in [-0.1, -0.05) is 0 Å². The largest absolute Gasteiger partial charge is 0.491 e. The fourth-order valence-electron chi connectivity index (χ4n) is 1.38. The lowest BCUT2D eigenvalue weighted by molar-refractivity contribution is 0.301. The number of hydrogen-bond donors (Lipinski definition) is 1. The number of nitrogens with two attached hydrogens (primary N) is 1. The zero-order valence-corrected chi connectivity index (χ0v) is 9.96. The summed E-state index contributed by atoms with van der Waals surface area (Å²) in [5.74, 6) is 1.22. The summed E-state index contributed by atoms with van der Waals surface area (Å²) < 4.78 is 28.1. The van der Waals surface area contributed by atoms with E-state index in [2.05, 4.69) is 0 Å². The summed E-state index contributed by atoms with van der Waals surface area (Å²) in [6.07, 6.45) is 3.58. The molecule has 88 valence electrons. The molecule has 0 atom stereocenters. The van der Waals surface area contributed by atoms with Crippen molar-refractivity contribution in [3.63, 3.8) is 0 Å². The highest BCUT2D eigenvalue weighted by atomic mass is 32.2. The summed E-state index contributed by atoms with van der Waals surface area (Å²) in [5.41, 5.74) is 6.11. The van der Waals surface area contributed by atoms with Crippen LogP contribution in [-0.4, -0.2) is 21.3 Å². The molecule has 0 radical (unpaired) electrons. The van der Waals surface area contributed by atoms with E-state index in [1.54, 1.807) is 6.07 Å². The standard InChI is InChI=1S/C11H15NO3S/c1-16(13,14)9-4-5-11(10(12)6-9)15-7-8-2-3-8/h4-6,8H,2-3,7,12H2,1H3. The first kappa shape index (κ1) is 11.3. The van der Waals surface area contributed by atoms with Gasteiger partial charge in [-0.05, 0) is 37.0 Å². The van der Waals surface area contributed by atoms with Crippen LogP contribution in [0.1, 0.15) is 12.8 Å². The van der Waals surface area contributed by atoms with Gasteiger partial charge < -0.3 is 10.5 Å². The number of sulfone groups is 1. The number of ether oxygens (including phenoxy) is 1. The lowest BCUT2D eigenvalue weighted by Crippen LogP contribution is -2.04. The van der Waals surface area contributed by atoms with Crippen LogP contribution in [0.15, 0.2) is 23.1 Å². The molecule has 4 nitrogen and oxygen atoms in total. The molecule has 1 aromatic rings. The van der Waals surface area contributed by atoms with Crippen molar-refractivity contribution in [2.75, 3.05) is 18.6 Å². The van der Waals surface area contributed by atoms with E-state index in [0.29, 0.717) is 24.0 Å². The molecule has 0 spiro atoms. The first-order chi connectivity index (χ1) is 7.47. The summed E-state index contributed by atoms with van der Waals surface area (Å²) >= 11 is 0. The van der Waals surface area contributed by atoms with Gasteiger partial charge in [-0.2, -0.15) is 0 Å². The fraction of sp³-hybridized carbons (Fsp3) is 0.455. The first-order valence-electron chi connectivity index (χ1n) is 5.19. The predicted octanol–water partition coefficient (Wildman–Crippen LogP) is 1.46. The van der Waals surface area contributed by atoms with Gasteiger partial charge in [-0.15, -0.1) is 0 Å². The SMILES string of the molecule is CS(=O)(=O)c1ccc(OCC2CC2)c(N)c1. The van der Waals surface area contributed by atoms with Gasteiger partial charge in [0.1, 0.15) is 5.75 Å². The van der Waals surface area contributed by atoms with Gasteiger partial charge in [0, 0.05) is 6.26 Å². The van der Waals surface area contributed by atoms with Crippen molar-refractivity contribution in [1.82, 2.24) is 0 Å². The van der Waals surface area contributed by atoms with Gasteiger partial charge in [-0.3, -0.25) is 0 Å². The van der Waals surface area contributed by atoms with Crippen LogP contribution in [0.25, 0.3) is 0 Å². The monoisotopic (exact) mass is 241 g/mol. The molecule has 16 heavy (non-hydrogen) atoms. The van der Waals surface area contributed by atoms with Gasteiger partial charge in [0.15, 0.2) is 9.84 Å². The third-order valence-electron chi connectivity index (χ3n) is 2.58. The summed E-state index contributed by atoms with van der Waals surface area (Å²) in [6, 6.07) is 4.58. The Kier molecular flexibility index (Phi) is 2.80. The minimum Gasteiger partial charge on any atom is -0.491 e. The Morgan fingerprint density at radius 3 is 2.62 bits per heavy atom. The summed E-state index contributed by atoms with van der Waals surface area (Å²) in [6.45, 7) is 0.669. The molecular formula is C11H15NO3S. The van der Waals surface area contributed by atoms with E-state index in [9.17, 15) is 8.42 Å². The minimum absolute atomic E-state index is 0.226. The molecule has 0 heterocycles.